The number of fused-ring (bicyclic) bond motifs is 1. The summed E-state index contributed by atoms with van der Waals surface area (Å²) in [5.74, 6) is 0.398. The molecule has 25 heavy (non-hydrogen) atoms. The van der Waals surface area contributed by atoms with Crippen LogP contribution in [0.1, 0.15) is 15.9 Å². The van der Waals surface area contributed by atoms with Gasteiger partial charge < -0.3 is 10.2 Å². The summed E-state index contributed by atoms with van der Waals surface area (Å²) in [6.07, 6.45) is 0. The van der Waals surface area contributed by atoms with Gasteiger partial charge in [0, 0.05) is 11.1 Å². The van der Waals surface area contributed by atoms with Gasteiger partial charge in [-0.2, -0.15) is 4.52 Å². The molecule has 2 N–H and O–H groups in total. The minimum Gasteiger partial charge on any atom is -0.446 e. The summed E-state index contributed by atoms with van der Waals surface area (Å²) in [5, 5.41) is 4.29. The van der Waals surface area contributed by atoms with Crippen molar-refractivity contribution in [3.63, 3.8) is 0 Å². The van der Waals surface area contributed by atoms with Crippen LogP contribution in [0.15, 0.2) is 57.6 Å². The number of halogens is 2. The van der Waals surface area contributed by atoms with Crippen molar-refractivity contribution in [3.05, 3.63) is 70.1 Å². The van der Waals surface area contributed by atoms with E-state index < -0.39 is 5.82 Å². The Morgan fingerprint density at radius 1 is 1.12 bits per heavy atom. The average molecular weight is 401 g/mol. The smallest absolute Gasteiger partial charge is 0.218 e. The zero-order chi connectivity index (χ0) is 17.6. The fraction of sp³-hybridized carbons (Fsp3) is 0. The Morgan fingerprint density at radius 2 is 1.88 bits per heavy atom. The van der Waals surface area contributed by atoms with E-state index in [1.165, 1.54) is 34.8 Å². The summed E-state index contributed by atoms with van der Waals surface area (Å²) >= 11 is 3.22. The normalized spacial score (nSPS) is 11.1. The highest BCUT2D eigenvalue weighted by Crippen LogP contribution is 2.24. The molecule has 0 aliphatic heterocycles. The van der Waals surface area contributed by atoms with Crippen LogP contribution in [0.25, 0.3) is 17.2 Å². The summed E-state index contributed by atoms with van der Waals surface area (Å²) in [4.78, 5) is 16.9. The van der Waals surface area contributed by atoms with Crippen LogP contribution in [0, 0.1) is 5.82 Å². The van der Waals surface area contributed by atoms with E-state index in [1.807, 2.05) is 0 Å². The first-order chi connectivity index (χ1) is 12.0. The molecule has 6 nitrogen and oxygen atoms in total. The molecule has 0 saturated heterocycles. The third-order valence-electron chi connectivity index (χ3n) is 3.63. The van der Waals surface area contributed by atoms with E-state index in [0.29, 0.717) is 33.0 Å². The number of nitrogen functional groups attached to an aromatic ring is 1. The maximum Gasteiger partial charge on any atom is 0.218 e. The summed E-state index contributed by atoms with van der Waals surface area (Å²) < 4.78 is 20.4. The number of nitrogens with two attached hydrogens (primary N) is 1. The maximum atomic E-state index is 13.0. The third-order valence-corrected chi connectivity index (χ3v) is 4.05. The molecule has 3 heterocycles. The van der Waals surface area contributed by atoms with Crippen molar-refractivity contribution in [1.29, 1.82) is 0 Å². The van der Waals surface area contributed by atoms with Gasteiger partial charge in [-0.1, -0.05) is 0 Å². The van der Waals surface area contributed by atoms with Crippen LogP contribution in [-0.2, 0) is 0 Å². The largest absolute Gasteiger partial charge is 0.446 e. The molecule has 0 spiro atoms. The van der Waals surface area contributed by atoms with E-state index in [-0.39, 0.29) is 11.6 Å². The Bertz CT molecular complexity index is 1100. The molecule has 124 valence electrons. The molecular weight excluding hydrogens is 391 g/mol. The summed E-state index contributed by atoms with van der Waals surface area (Å²) in [7, 11) is 0. The highest BCUT2D eigenvalue weighted by Gasteiger charge is 2.16. The summed E-state index contributed by atoms with van der Waals surface area (Å²) in [6.45, 7) is 0. The molecular formula is C17H10BrFN4O2. The van der Waals surface area contributed by atoms with Crippen LogP contribution in [0.3, 0.4) is 0 Å². The molecule has 0 aliphatic rings. The second-order valence-corrected chi connectivity index (χ2v) is 6.10. The molecule has 0 aliphatic carbocycles. The fourth-order valence-corrected chi connectivity index (χ4v) is 2.75. The van der Waals surface area contributed by atoms with Crippen LogP contribution in [0.2, 0.25) is 0 Å². The van der Waals surface area contributed by atoms with Gasteiger partial charge in [-0.25, -0.2) is 9.37 Å². The fourth-order valence-electron chi connectivity index (χ4n) is 2.45. The van der Waals surface area contributed by atoms with Gasteiger partial charge in [0.2, 0.25) is 5.82 Å². The summed E-state index contributed by atoms with van der Waals surface area (Å²) in [5.41, 5.74) is 7.12. The molecule has 0 fully saturated rings. The Labute approximate surface area is 149 Å². The number of nitrogens with zero attached hydrogens (tertiary/aromatic N) is 3. The Kier molecular flexibility index (Phi) is 3.61. The number of pyridine rings is 1. The standard InChI is InChI=1S/C17H10BrFN4O2/c18-13-6-5-12(25-13)17-21-15-8-10(7-14(20)23(15)22-17)16(24)9-1-3-11(19)4-2-9/h1-8H,20H2. The number of ketones is 1. The third kappa shape index (κ3) is 2.80. The lowest BCUT2D eigenvalue weighted by Gasteiger charge is -2.04. The van der Waals surface area contributed by atoms with E-state index in [9.17, 15) is 9.18 Å². The van der Waals surface area contributed by atoms with Gasteiger partial charge in [-0.15, -0.1) is 5.10 Å². The first-order valence-corrected chi connectivity index (χ1v) is 8.03. The number of hydrogen-bond donors (Lipinski definition) is 1. The van der Waals surface area contributed by atoms with Crippen LogP contribution >= 0.6 is 15.9 Å². The van der Waals surface area contributed by atoms with Crippen molar-refractivity contribution >= 4 is 33.2 Å². The SMILES string of the molecule is Nc1cc(C(=O)c2ccc(F)cc2)cc2nc(-c3ccc(Br)o3)nn12. The van der Waals surface area contributed by atoms with Crippen molar-refractivity contribution in [2.45, 2.75) is 0 Å². The van der Waals surface area contributed by atoms with Crippen molar-refractivity contribution in [3.8, 4) is 11.6 Å². The van der Waals surface area contributed by atoms with Crippen molar-refractivity contribution in [1.82, 2.24) is 14.6 Å². The number of carbonyl (C=O) groups is 1. The van der Waals surface area contributed by atoms with Crippen LogP contribution < -0.4 is 5.73 Å². The van der Waals surface area contributed by atoms with Gasteiger partial charge >= 0.3 is 0 Å². The molecule has 0 atom stereocenters. The molecule has 0 radical (unpaired) electrons. The van der Waals surface area contributed by atoms with Crippen molar-refractivity contribution < 1.29 is 13.6 Å². The van der Waals surface area contributed by atoms with Gasteiger partial charge in [-0.3, -0.25) is 4.79 Å². The Morgan fingerprint density at radius 3 is 2.56 bits per heavy atom. The number of aromatic nitrogens is 3. The zero-order valence-electron chi connectivity index (χ0n) is 12.6. The molecule has 4 aromatic rings. The van der Waals surface area contributed by atoms with Gasteiger partial charge in [0.05, 0.1) is 0 Å². The minimum atomic E-state index is -0.404. The van der Waals surface area contributed by atoms with Gasteiger partial charge in [-0.05, 0) is 64.5 Å². The second-order valence-electron chi connectivity index (χ2n) is 5.31. The number of furan rings is 1. The quantitative estimate of drug-likeness (QED) is 0.529. The molecule has 0 amide bonds. The number of benzene rings is 1. The highest BCUT2D eigenvalue weighted by molar-refractivity contribution is 9.10. The number of hydrogen-bond acceptors (Lipinski definition) is 5. The molecule has 0 saturated carbocycles. The minimum absolute atomic E-state index is 0.257. The molecule has 1 aromatic carbocycles. The Hall–Kier alpha value is -3.00. The van der Waals surface area contributed by atoms with Crippen LogP contribution in [-0.4, -0.2) is 20.4 Å². The topological polar surface area (TPSA) is 86.4 Å². The molecule has 8 heteroatoms. The predicted molar refractivity (Wildman–Crippen MR) is 92.6 cm³/mol. The van der Waals surface area contributed by atoms with Crippen LogP contribution in [0.5, 0.6) is 0 Å². The maximum absolute atomic E-state index is 13.0. The molecule has 3 aromatic heterocycles. The zero-order valence-corrected chi connectivity index (χ0v) is 14.2. The monoisotopic (exact) mass is 400 g/mol. The molecule has 4 rings (SSSR count). The highest BCUT2D eigenvalue weighted by atomic mass is 79.9. The Balaban J connectivity index is 1.78. The first kappa shape index (κ1) is 15.5. The lowest BCUT2D eigenvalue weighted by Crippen LogP contribution is -2.06. The predicted octanol–water partition coefficient (Wildman–Crippen LogP) is 3.70. The van der Waals surface area contributed by atoms with E-state index >= 15 is 0 Å². The lowest BCUT2D eigenvalue weighted by molar-refractivity contribution is 0.103. The van der Waals surface area contributed by atoms with E-state index in [4.69, 9.17) is 10.2 Å². The van der Waals surface area contributed by atoms with Crippen molar-refractivity contribution in [2.75, 3.05) is 5.73 Å². The van der Waals surface area contributed by atoms with E-state index in [2.05, 4.69) is 26.0 Å². The first-order valence-electron chi connectivity index (χ1n) is 7.23. The summed E-state index contributed by atoms with van der Waals surface area (Å²) in [6, 6.07) is 11.9. The van der Waals surface area contributed by atoms with Gasteiger partial charge in [0.15, 0.2) is 21.9 Å². The van der Waals surface area contributed by atoms with Crippen LogP contribution in [0.4, 0.5) is 10.2 Å². The van der Waals surface area contributed by atoms with Gasteiger partial charge in [0.1, 0.15) is 11.6 Å². The number of carbonyl (C=O) groups excluding carboxylic acids is 1. The number of rotatable bonds is 3. The molecule has 0 unspecified atom stereocenters. The van der Waals surface area contributed by atoms with Gasteiger partial charge in [0.25, 0.3) is 0 Å². The molecule has 0 bridgehead atoms. The van der Waals surface area contributed by atoms with E-state index in [1.54, 1.807) is 18.2 Å². The second kappa shape index (κ2) is 5.82. The average Bonchev–Trinajstić information content (AvgIpc) is 3.21. The van der Waals surface area contributed by atoms with Crippen molar-refractivity contribution in [2.24, 2.45) is 0 Å². The van der Waals surface area contributed by atoms with E-state index in [0.717, 1.165) is 0 Å². The number of anilines is 1. The lowest BCUT2D eigenvalue weighted by atomic mass is 10.0.